The molecule has 0 saturated carbocycles. The Kier molecular flexibility index (Phi) is 6.58. The predicted octanol–water partition coefficient (Wildman–Crippen LogP) is -4.60. The molecule has 4 nitrogen and oxygen atoms in total. The largest absolute Gasteiger partial charge is 0.347 e. The third-order valence-electron chi connectivity index (χ3n) is 3.45. The van der Waals surface area contributed by atoms with Crippen LogP contribution in [-0.2, 0) is 0 Å². The van der Waals surface area contributed by atoms with E-state index in [1.165, 1.54) is 52.4 Å². The van der Waals surface area contributed by atoms with Crippen molar-refractivity contribution in [1.82, 2.24) is 19.2 Å². The van der Waals surface area contributed by atoms with Crippen molar-refractivity contribution in [1.29, 1.82) is 0 Å². The summed E-state index contributed by atoms with van der Waals surface area (Å²) in [6, 6.07) is 0. The molecular formula is C8H24B4N4. The van der Waals surface area contributed by atoms with Crippen LogP contribution in [0, 0.1) is 0 Å². The van der Waals surface area contributed by atoms with Gasteiger partial charge in [0.1, 0.15) is 0 Å². The van der Waals surface area contributed by atoms with Crippen LogP contribution in [0.4, 0.5) is 0 Å². The van der Waals surface area contributed by atoms with Gasteiger partial charge < -0.3 is 19.2 Å². The van der Waals surface area contributed by atoms with E-state index in [0.29, 0.717) is 0 Å². The molecule has 0 aliphatic carbocycles. The van der Waals surface area contributed by atoms with E-state index < -0.39 is 0 Å². The maximum Gasteiger partial charge on any atom is 0.185 e. The van der Waals surface area contributed by atoms with Crippen LogP contribution in [0.25, 0.3) is 0 Å². The lowest BCUT2D eigenvalue weighted by Crippen LogP contribution is -2.43. The summed E-state index contributed by atoms with van der Waals surface area (Å²) in [6.07, 6.45) is 0. The maximum absolute atomic E-state index is 2.43. The van der Waals surface area contributed by atoms with Gasteiger partial charge in [-0.05, 0) is 52.4 Å². The second kappa shape index (κ2) is 7.43. The zero-order chi connectivity index (χ0) is 12.0. The summed E-state index contributed by atoms with van der Waals surface area (Å²) in [5.74, 6) is 0. The zero-order valence-electron chi connectivity index (χ0n) is 11.4. The van der Waals surface area contributed by atoms with Gasteiger partial charge in [-0.15, -0.1) is 0 Å². The van der Waals surface area contributed by atoms with Crippen molar-refractivity contribution in [2.24, 2.45) is 0 Å². The molecule has 0 aromatic carbocycles. The lowest BCUT2D eigenvalue weighted by atomic mass is 10.2. The van der Waals surface area contributed by atoms with E-state index in [1.807, 2.05) is 0 Å². The van der Waals surface area contributed by atoms with Gasteiger partial charge in [0.25, 0.3) is 0 Å². The van der Waals surface area contributed by atoms with Crippen LogP contribution in [0.3, 0.4) is 0 Å². The fraction of sp³-hybridized carbons (Fsp3) is 1.00. The van der Waals surface area contributed by atoms with Gasteiger partial charge >= 0.3 is 0 Å². The summed E-state index contributed by atoms with van der Waals surface area (Å²) < 4.78 is 0. The van der Waals surface area contributed by atoms with Gasteiger partial charge in [-0.3, -0.25) is 0 Å². The Bertz CT molecular complexity index is 141. The highest BCUT2D eigenvalue weighted by Gasteiger charge is 2.08. The average molecular weight is 220 g/mol. The van der Waals surface area contributed by atoms with Crippen molar-refractivity contribution >= 4 is 31.9 Å². The molecule has 0 N–H and O–H groups in total. The van der Waals surface area contributed by atoms with E-state index in [-0.39, 0.29) is 0 Å². The molecule has 1 aliphatic rings. The van der Waals surface area contributed by atoms with Gasteiger partial charge in [0.05, 0.1) is 0 Å². The normalized spacial score (nSPS) is 26.0. The van der Waals surface area contributed by atoms with Crippen molar-refractivity contribution < 1.29 is 0 Å². The van der Waals surface area contributed by atoms with Gasteiger partial charge in [-0.1, -0.05) is 0 Å². The molecule has 1 saturated heterocycles. The molecule has 0 radical (unpaired) electrons. The Morgan fingerprint density at radius 2 is 0.500 bits per heavy atom. The molecule has 1 rings (SSSR count). The minimum atomic E-state index is 1.17. The van der Waals surface area contributed by atoms with Crippen LogP contribution in [0.5, 0.6) is 0 Å². The van der Waals surface area contributed by atoms with E-state index in [9.17, 15) is 0 Å². The topological polar surface area (TPSA) is 13.0 Å². The number of hydrogen-bond acceptors (Lipinski definition) is 4. The van der Waals surface area contributed by atoms with Crippen molar-refractivity contribution in [3.63, 3.8) is 0 Å². The second-order valence-electron chi connectivity index (χ2n) is 5.21. The molecular weight excluding hydrogens is 195 g/mol. The first-order valence-corrected chi connectivity index (χ1v) is 6.32. The van der Waals surface area contributed by atoms with E-state index in [1.54, 1.807) is 0 Å². The second-order valence-corrected chi connectivity index (χ2v) is 5.21. The smallest absolute Gasteiger partial charge is 0.185 e. The molecule has 88 valence electrons. The third-order valence-corrected chi connectivity index (χ3v) is 3.45. The molecule has 0 aromatic rings. The SMILES string of the molecule is BN1CCN(B)CCN(B)CCN(B)CC1. The first-order chi connectivity index (χ1) is 7.58. The standard InChI is InChI=1S/C8H24B4N4/c9-13-1-2-14(10)5-6-16(12)8-7-15(11)4-3-13/h1-12H2. The Hall–Kier alpha value is 0.0997. The fourth-order valence-electron chi connectivity index (χ4n) is 1.81. The number of rotatable bonds is 0. The van der Waals surface area contributed by atoms with E-state index >= 15 is 0 Å². The lowest BCUT2D eigenvalue weighted by molar-refractivity contribution is 0.291. The van der Waals surface area contributed by atoms with Crippen LogP contribution in [0.15, 0.2) is 0 Å². The van der Waals surface area contributed by atoms with Gasteiger partial charge in [-0.25, -0.2) is 0 Å². The molecule has 8 heteroatoms. The minimum Gasteiger partial charge on any atom is -0.347 e. The highest BCUT2D eigenvalue weighted by atomic mass is 15.2. The lowest BCUT2D eigenvalue weighted by Gasteiger charge is -2.29. The monoisotopic (exact) mass is 220 g/mol. The summed E-state index contributed by atoms with van der Waals surface area (Å²) in [4.78, 5) is 9.72. The fourth-order valence-corrected chi connectivity index (χ4v) is 1.81. The van der Waals surface area contributed by atoms with Gasteiger partial charge in [0.2, 0.25) is 0 Å². The molecule has 1 fully saturated rings. The van der Waals surface area contributed by atoms with Crippen LogP contribution in [0.2, 0.25) is 0 Å². The summed E-state index contributed by atoms with van der Waals surface area (Å²) in [5.41, 5.74) is 0. The summed E-state index contributed by atoms with van der Waals surface area (Å²) in [7, 11) is 8.89. The number of nitrogens with zero attached hydrogens (tertiary/aromatic N) is 4. The molecule has 0 spiro atoms. The predicted molar refractivity (Wildman–Crippen MR) is 80.5 cm³/mol. The molecule has 1 heterocycles. The Balaban J connectivity index is 2.39. The van der Waals surface area contributed by atoms with E-state index in [2.05, 4.69) is 51.2 Å². The van der Waals surface area contributed by atoms with Crippen molar-refractivity contribution in [3.05, 3.63) is 0 Å². The molecule has 0 amide bonds. The number of hydrogen-bond donors (Lipinski definition) is 0. The van der Waals surface area contributed by atoms with Crippen LogP contribution < -0.4 is 0 Å². The third kappa shape index (κ3) is 5.99. The van der Waals surface area contributed by atoms with E-state index in [0.717, 1.165) is 0 Å². The summed E-state index contributed by atoms with van der Waals surface area (Å²) >= 11 is 0. The van der Waals surface area contributed by atoms with Crippen molar-refractivity contribution in [3.8, 4) is 0 Å². The minimum absolute atomic E-state index is 1.17. The van der Waals surface area contributed by atoms with Crippen molar-refractivity contribution in [2.75, 3.05) is 52.4 Å². The molecule has 16 heavy (non-hydrogen) atoms. The summed E-state index contributed by atoms with van der Waals surface area (Å²) in [6.45, 7) is 9.40. The Morgan fingerprint density at radius 1 is 0.375 bits per heavy atom. The van der Waals surface area contributed by atoms with Gasteiger partial charge in [0, 0.05) is 0 Å². The maximum atomic E-state index is 2.43. The highest BCUT2D eigenvalue weighted by Crippen LogP contribution is 1.92. The van der Waals surface area contributed by atoms with Crippen LogP contribution in [0.1, 0.15) is 0 Å². The molecule has 0 bridgehead atoms. The quantitative estimate of drug-likeness (QED) is 0.380. The molecule has 0 aromatic heterocycles. The Morgan fingerprint density at radius 3 is 0.625 bits per heavy atom. The first kappa shape index (κ1) is 14.2. The van der Waals surface area contributed by atoms with Crippen molar-refractivity contribution in [2.45, 2.75) is 0 Å². The average Bonchev–Trinajstić information content (AvgIpc) is 2.27. The molecule has 0 atom stereocenters. The summed E-state index contributed by atoms with van der Waals surface area (Å²) in [5, 5.41) is 0. The Labute approximate surface area is 104 Å². The molecule has 0 unspecified atom stereocenters. The first-order valence-electron chi connectivity index (χ1n) is 6.32. The highest BCUT2D eigenvalue weighted by molar-refractivity contribution is 6.06. The van der Waals surface area contributed by atoms with Crippen LogP contribution >= 0.6 is 0 Å². The zero-order valence-corrected chi connectivity index (χ0v) is 11.4. The van der Waals surface area contributed by atoms with Crippen LogP contribution in [-0.4, -0.2) is 104 Å². The van der Waals surface area contributed by atoms with E-state index in [4.69, 9.17) is 0 Å². The van der Waals surface area contributed by atoms with Gasteiger partial charge in [-0.2, -0.15) is 0 Å². The molecule has 1 aliphatic heterocycles. The van der Waals surface area contributed by atoms with Gasteiger partial charge in [0.15, 0.2) is 31.9 Å².